The number of likely N-dealkylation sites (N-methyl/N-ethyl adjacent to an activating group) is 1. The van der Waals surface area contributed by atoms with Crippen LogP contribution in [-0.2, 0) is 9.53 Å². The molecule has 6 heteroatoms. The minimum atomic E-state index is 0.0203. The van der Waals surface area contributed by atoms with Crippen molar-refractivity contribution in [2.75, 3.05) is 44.7 Å². The molecule has 0 spiro atoms. The van der Waals surface area contributed by atoms with Gasteiger partial charge in [0.15, 0.2) is 0 Å². The van der Waals surface area contributed by atoms with Crippen molar-refractivity contribution in [1.82, 2.24) is 9.80 Å². The van der Waals surface area contributed by atoms with Crippen molar-refractivity contribution in [3.05, 3.63) is 29.8 Å². The number of rotatable bonds is 3. The fourth-order valence-corrected chi connectivity index (χ4v) is 4.17. The minimum absolute atomic E-state index is 0.0203. The second-order valence-electron chi connectivity index (χ2n) is 7.18. The van der Waals surface area contributed by atoms with Gasteiger partial charge in [0.1, 0.15) is 0 Å². The Labute approximate surface area is 148 Å². The summed E-state index contributed by atoms with van der Waals surface area (Å²) in [5.41, 5.74) is 1.54. The normalized spacial score (nSPS) is 28.9. The van der Waals surface area contributed by atoms with Gasteiger partial charge in [-0.15, -0.1) is 0 Å². The molecule has 1 aromatic rings. The molecule has 3 heterocycles. The van der Waals surface area contributed by atoms with Crippen molar-refractivity contribution in [1.29, 1.82) is 0 Å². The lowest BCUT2D eigenvalue weighted by Crippen LogP contribution is -2.59. The van der Waals surface area contributed by atoms with E-state index in [1.165, 1.54) is 0 Å². The molecule has 3 atom stereocenters. The molecule has 25 heavy (non-hydrogen) atoms. The van der Waals surface area contributed by atoms with E-state index in [2.05, 4.69) is 4.90 Å². The lowest BCUT2D eigenvalue weighted by atomic mass is 9.98. The number of hydrogen-bond donors (Lipinski definition) is 0. The first-order chi connectivity index (χ1) is 12.1. The summed E-state index contributed by atoms with van der Waals surface area (Å²) in [4.78, 5) is 30.8. The van der Waals surface area contributed by atoms with Gasteiger partial charge in [0, 0.05) is 50.9 Å². The van der Waals surface area contributed by atoms with Crippen molar-refractivity contribution in [3.63, 3.8) is 0 Å². The van der Waals surface area contributed by atoms with Gasteiger partial charge in [0.2, 0.25) is 5.91 Å². The molecule has 0 radical (unpaired) electrons. The number of carbonyl (C=O) groups excluding carboxylic acids is 2. The highest BCUT2D eigenvalue weighted by atomic mass is 16.5. The van der Waals surface area contributed by atoms with Crippen LogP contribution in [0.3, 0.4) is 0 Å². The second kappa shape index (κ2) is 6.77. The van der Waals surface area contributed by atoms with E-state index in [4.69, 9.17) is 4.74 Å². The predicted molar refractivity (Wildman–Crippen MR) is 94.7 cm³/mol. The van der Waals surface area contributed by atoms with Crippen LogP contribution < -0.4 is 4.90 Å². The number of nitrogens with zero attached hydrogens (tertiary/aromatic N) is 3. The van der Waals surface area contributed by atoms with Gasteiger partial charge < -0.3 is 14.5 Å². The highest BCUT2D eigenvalue weighted by Gasteiger charge is 2.37. The fourth-order valence-electron chi connectivity index (χ4n) is 4.17. The number of morpholine rings is 1. The third kappa shape index (κ3) is 3.16. The van der Waals surface area contributed by atoms with Crippen LogP contribution in [0.25, 0.3) is 0 Å². The van der Waals surface area contributed by atoms with E-state index in [-0.39, 0.29) is 24.0 Å². The van der Waals surface area contributed by atoms with Gasteiger partial charge in [-0.05, 0) is 37.1 Å². The molecular formula is C19H25N3O3. The maximum atomic E-state index is 12.9. The molecule has 0 N–H and O–H groups in total. The summed E-state index contributed by atoms with van der Waals surface area (Å²) in [7, 11) is 1.87. The first-order valence-electron chi connectivity index (χ1n) is 9.15. The average Bonchev–Trinajstić information content (AvgIpc) is 3.07. The van der Waals surface area contributed by atoms with Gasteiger partial charge in [0.05, 0.1) is 18.8 Å². The van der Waals surface area contributed by atoms with Crippen molar-refractivity contribution in [2.45, 2.75) is 31.4 Å². The molecule has 3 unspecified atom stereocenters. The Morgan fingerprint density at radius 2 is 2.00 bits per heavy atom. The van der Waals surface area contributed by atoms with Crippen LogP contribution >= 0.6 is 0 Å². The molecule has 6 nitrogen and oxygen atoms in total. The molecule has 2 bridgehead atoms. The highest BCUT2D eigenvalue weighted by molar-refractivity contribution is 5.97. The summed E-state index contributed by atoms with van der Waals surface area (Å²) in [5.74, 6) is 0.185. The predicted octanol–water partition coefficient (Wildman–Crippen LogP) is 1.36. The number of carbonyl (C=O) groups is 2. The maximum Gasteiger partial charge on any atom is 0.253 e. The quantitative estimate of drug-likeness (QED) is 0.832. The number of anilines is 1. The summed E-state index contributed by atoms with van der Waals surface area (Å²) in [6, 6.07) is 7.55. The standard InChI is InChI=1S/C19H25N3O3/c1-20(16-8-10-21-11-12-25-17(16)13-21)19(24)14-4-6-15(7-5-14)22-9-2-3-18(22)23/h4-7,16-17H,2-3,8-13H2,1H3. The number of amides is 2. The van der Waals surface area contributed by atoms with E-state index in [0.717, 1.165) is 51.3 Å². The first kappa shape index (κ1) is 16.5. The van der Waals surface area contributed by atoms with E-state index in [1.54, 1.807) is 4.90 Å². The largest absolute Gasteiger partial charge is 0.373 e. The molecule has 3 fully saturated rings. The Kier molecular flexibility index (Phi) is 4.48. The zero-order valence-electron chi connectivity index (χ0n) is 14.7. The van der Waals surface area contributed by atoms with Crippen LogP contribution in [0, 0.1) is 0 Å². The summed E-state index contributed by atoms with van der Waals surface area (Å²) in [6.07, 6.45) is 2.58. The Morgan fingerprint density at radius 1 is 1.20 bits per heavy atom. The van der Waals surface area contributed by atoms with Crippen LogP contribution in [0.4, 0.5) is 5.69 Å². The van der Waals surface area contributed by atoms with Gasteiger partial charge in [-0.3, -0.25) is 14.5 Å². The minimum Gasteiger partial charge on any atom is -0.373 e. The van der Waals surface area contributed by atoms with E-state index in [9.17, 15) is 9.59 Å². The summed E-state index contributed by atoms with van der Waals surface area (Å²) in [5, 5.41) is 0. The molecule has 3 aliphatic heterocycles. The maximum absolute atomic E-state index is 12.9. The third-order valence-corrected chi connectivity index (χ3v) is 5.66. The number of piperidine rings is 1. The summed E-state index contributed by atoms with van der Waals surface area (Å²) < 4.78 is 5.89. The van der Waals surface area contributed by atoms with E-state index in [1.807, 2.05) is 36.2 Å². The van der Waals surface area contributed by atoms with E-state index in [0.29, 0.717) is 12.0 Å². The zero-order valence-corrected chi connectivity index (χ0v) is 14.7. The molecule has 0 aromatic heterocycles. The van der Waals surface area contributed by atoms with Crippen LogP contribution in [0.1, 0.15) is 29.6 Å². The van der Waals surface area contributed by atoms with Gasteiger partial charge in [-0.2, -0.15) is 0 Å². The van der Waals surface area contributed by atoms with Gasteiger partial charge in [0.25, 0.3) is 5.91 Å². The second-order valence-corrected chi connectivity index (χ2v) is 7.18. The fraction of sp³-hybridized carbons (Fsp3) is 0.579. The number of hydrogen-bond acceptors (Lipinski definition) is 4. The first-order valence-corrected chi connectivity index (χ1v) is 9.15. The molecule has 134 valence electrons. The molecule has 1 aromatic carbocycles. The molecular weight excluding hydrogens is 318 g/mol. The number of ether oxygens (including phenoxy) is 1. The topological polar surface area (TPSA) is 53.1 Å². The Hall–Kier alpha value is -1.92. The summed E-state index contributed by atoms with van der Waals surface area (Å²) in [6.45, 7) is 4.46. The average molecular weight is 343 g/mol. The van der Waals surface area contributed by atoms with Crippen LogP contribution in [0.5, 0.6) is 0 Å². The zero-order chi connectivity index (χ0) is 17.4. The van der Waals surface area contributed by atoms with E-state index < -0.39 is 0 Å². The number of fused-ring (bicyclic) bond motifs is 2. The van der Waals surface area contributed by atoms with Crippen molar-refractivity contribution < 1.29 is 14.3 Å². The van der Waals surface area contributed by atoms with Gasteiger partial charge in [-0.25, -0.2) is 0 Å². The molecule has 0 saturated carbocycles. The highest BCUT2D eigenvalue weighted by Crippen LogP contribution is 2.25. The summed E-state index contributed by atoms with van der Waals surface area (Å²) >= 11 is 0. The SMILES string of the molecule is CN(C(=O)c1ccc(N2CCCC2=O)cc1)C1CCN2CCOC1C2. The molecule has 3 aliphatic rings. The monoisotopic (exact) mass is 343 g/mol. The Morgan fingerprint density at radius 3 is 2.72 bits per heavy atom. The Balaban J connectivity index is 1.45. The lowest BCUT2D eigenvalue weighted by Gasteiger charge is -2.45. The smallest absolute Gasteiger partial charge is 0.253 e. The van der Waals surface area contributed by atoms with Gasteiger partial charge in [-0.1, -0.05) is 0 Å². The third-order valence-electron chi connectivity index (χ3n) is 5.66. The molecule has 2 amide bonds. The lowest BCUT2D eigenvalue weighted by molar-refractivity contribution is -0.117. The van der Waals surface area contributed by atoms with E-state index >= 15 is 0 Å². The Bertz CT molecular complexity index is 660. The van der Waals surface area contributed by atoms with Crippen LogP contribution in [-0.4, -0.2) is 73.6 Å². The molecule has 4 rings (SSSR count). The van der Waals surface area contributed by atoms with Crippen molar-refractivity contribution in [3.8, 4) is 0 Å². The van der Waals surface area contributed by atoms with Gasteiger partial charge >= 0.3 is 0 Å². The van der Waals surface area contributed by atoms with Crippen LogP contribution in [0.2, 0.25) is 0 Å². The van der Waals surface area contributed by atoms with Crippen molar-refractivity contribution in [2.24, 2.45) is 0 Å². The molecule has 0 aliphatic carbocycles. The molecule has 3 saturated heterocycles. The van der Waals surface area contributed by atoms with Crippen molar-refractivity contribution >= 4 is 17.5 Å². The number of benzene rings is 1. The van der Waals surface area contributed by atoms with Crippen LogP contribution in [0.15, 0.2) is 24.3 Å².